The van der Waals surface area contributed by atoms with Crippen LogP contribution in [0.3, 0.4) is 0 Å². The molecule has 1 aromatic heterocycles. The van der Waals surface area contributed by atoms with Crippen LogP contribution in [-0.4, -0.2) is 9.78 Å². The Morgan fingerprint density at radius 2 is 1.82 bits per heavy atom. The highest BCUT2D eigenvalue weighted by atomic mass is 35.5. The molecule has 0 fully saturated rings. The summed E-state index contributed by atoms with van der Waals surface area (Å²) in [6, 6.07) is 14.3. The fourth-order valence-corrected chi connectivity index (χ4v) is 2.21. The maximum Gasteiger partial charge on any atom is 0.123 e. The van der Waals surface area contributed by atoms with Gasteiger partial charge in [0.2, 0.25) is 0 Å². The van der Waals surface area contributed by atoms with Crippen molar-refractivity contribution in [3.8, 4) is 16.8 Å². The van der Waals surface area contributed by atoms with Crippen LogP contribution in [0.5, 0.6) is 0 Å². The molecule has 3 aromatic rings. The maximum atomic E-state index is 13.0. The third kappa shape index (κ3) is 3.35. The standard InChI is InChI=1S/C17H16FN3.ClH/c1-12(19)13-3-2-4-14(9-13)15-10-20-21(11-15)17-7-5-16(18)6-8-17;/h2-12H,19H2,1H3;1H/t12-;/m1./s1. The monoisotopic (exact) mass is 317 g/mol. The first-order valence-corrected chi connectivity index (χ1v) is 6.80. The molecule has 0 aliphatic heterocycles. The Labute approximate surface area is 135 Å². The van der Waals surface area contributed by atoms with Gasteiger partial charge in [0.15, 0.2) is 0 Å². The first-order chi connectivity index (χ1) is 10.1. The summed E-state index contributed by atoms with van der Waals surface area (Å²) in [5.74, 6) is -0.254. The second kappa shape index (κ2) is 6.73. The van der Waals surface area contributed by atoms with Gasteiger partial charge in [-0.3, -0.25) is 0 Å². The van der Waals surface area contributed by atoms with Crippen molar-refractivity contribution in [2.24, 2.45) is 5.73 Å². The molecule has 0 amide bonds. The average Bonchev–Trinajstić information content (AvgIpc) is 2.98. The van der Waals surface area contributed by atoms with E-state index in [4.69, 9.17) is 5.73 Å². The van der Waals surface area contributed by atoms with Crippen LogP contribution in [0.1, 0.15) is 18.5 Å². The fraction of sp³-hybridized carbons (Fsp3) is 0.118. The van der Waals surface area contributed by atoms with Crippen molar-refractivity contribution in [1.82, 2.24) is 9.78 Å². The van der Waals surface area contributed by atoms with Crippen molar-refractivity contribution in [2.45, 2.75) is 13.0 Å². The zero-order valence-electron chi connectivity index (χ0n) is 12.1. The highest BCUT2D eigenvalue weighted by Gasteiger charge is 2.06. The molecule has 0 saturated heterocycles. The van der Waals surface area contributed by atoms with E-state index in [9.17, 15) is 4.39 Å². The van der Waals surface area contributed by atoms with E-state index in [0.29, 0.717) is 0 Å². The summed E-state index contributed by atoms with van der Waals surface area (Å²) in [6.07, 6.45) is 3.72. The van der Waals surface area contributed by atoms with Crippen LogP contribution < -0.4 is 5.73 Å². The molecule has 0 aliphatic rings. The van der Waals surface area contributed by atoms with Crippen LogP contribution >= 0.6 is 12.4 Å². The lowest BCUT2D eigenvalue weighted by molar-refractivity contribution is 0.627. The van der Waals surface area contributed by atoms with Crippen molar-refractivity contribution in [2.75, 3.05) is 0 Å². The molecular formula is C17H17ClFN3. The quantitative estimate of drug-likeness (QED) is 0.789. The summed E-state index contributed by atoms with van der Waals surface area (Å²) >= 11 is 0. The molecule has 0 radical (unpaired) electrons. The molecule has 5 heteroatoms. The van der Waals surface area contributed by atoms with E-state index in [1.807, 2.05) is 31.3 Å². The summed E-state index contributed by atoms with van der Waals surface area (Å²) < 4.78 is 14.7. The van der Waals surface area contributed by atoms with Gasteiger partial charge in [-0.1, -0.05) is 18.2 Å². The van der Waals surface area contributed by atoms with Crippen LogP contribution in [-0.2, 0) is 0 Å². The van der Waals surface area contributed by atoms with Gasteiger partial charge >= 0.3 is 0 Å². The second-order valence-electron chi connectivity index (χ2n) is 5.06. The Kier molecular flexibility index (Phi) is 4.96. The minimum Gasteiger partial charge on any atom is -0.324 e. The number of benzene rings is 2. The molecule has 22 heavy (non-hydrogen) atoms. The van der Waals surface area contributed by atoms with Crippen LogP contribution in [0, 0.1) is 5.82 Å². The van der Waals surface area contributed by atoms with E-state index in [1.165, 1.54) is 12.1 Å². The molecule has 0 unspecified atom stereocenters. The number of hydrogen-bond acceptors (Lipinski definition) is 2. The summed E-state index contributed by atoms with van der Waals surface area (Å²) in [6.45, 7) is 1.96. The van der Waals surface area contributed by atoms with Gasteiger partial charge in [-0.2, -0.15) is 5.10 Å². The zero-order valence-corrected chi connectivity index (χ0v) is 12.9. The Balaban J connectivity index is 0.00000176. The molecule has 2 N–H and O–H groups in total. The predicted octanol–water partition coefficient (Wildman–Crippen LogP) is 4.12. The summed E-state index contributed by atoms with van der Waals surface area (Å²) in [5.41, 5.74) is 9.89. The summed E-state index contributed by atoms with van der Waals surface area (Å²) in [7, 11) is 0. The van der Waals surface area contributed by atoms with Gasteiger partial charge in [0.05, 0.1) is 11.9 Å². The van der Waals surface area contributed by atoms with Gasteiger partial charge in [-0.05, 0) is 48.4 Å². The van der Waals surface area contributed by atoms with E-state index in [2.05, 4.69) is 11.2 Å². The first kappa shape index (κ1) is 16.2. The van der Waals surface area contributed by atoms with E-state index in [1.54, 1.807) is 23.0 Å². The van der Waals surface area contributed by atoms with Gasteiger partial charge < -0.3 is 5.73 Å². The lowest BCUT2D eigenvalue weighted by atomic mass is 10.0. The normalized spacial score (nSPS) is 11.8. The molecule has 0 aliphatic carbocycles. The van der Waals surface area contributed by atoms with Crippen molar-refractivity contribution < 1.29 is 4.39 Å². The lowest BCUT2D eigenvalue weighted by Gasteiger charge is -2.06. The van der Waals surface area contributed by atoms with E-state index < -0.39 is 0 Å². The second-order valence-corrected chi connectivity index (χ2v) is 5.06. The Bertz CT molecular complexity index is 751. The zero-order chi connectivity index (χ0) is 14.8. The number of hydrogen-bond donors (Lipinski definition) is 1. The van der Waals surface area contributed by atoms with Gasteiger partial charge in [0.1, 0.15) is 5.82 Å². The third-order valence-corrected chi connectivity index (χ3v) is 3.42. The Hall–Kier alpha value is -2.17. The molecular weight excluding hydrogens is 301 g/mol. The predicted molar refractivity (Wildman–Crippen MR) is 88.8 cm³/mol. The molecule has 3 nitrogen and oxygen atoms in total. The molecule has 0 bridgehead atoms. The van der Waals surface area contributed by atoms with Crippen molar-refractivity contribution in [3.63, 3.8) is 0 Å². The highest BCUT2D eigenvalue weighted by molar-refractivity contribution is 5.85. The molecule has 1 atom stereocenters. The number of rotatable bonds is 3. The number of aromatic nitrogens is 2. The van der Waals surface area contributed by atoms with E-state index in [0.717, 1.165) is 22.4 Å². The van der Waals surface area contributed by atoms with Gasteiger partial charge in [0.25, 0.3) is 0 Å². The minimum atomic E-state index is -0.254. The highest BCUT2D eigenvalue weighted by Crippen LogP contribution is 2.23. The van der Waals surface area contributed by atoms with E-state index >= 15 is 0 Å². The largest absolute Gasteiger partial charge is 0.324 e. The maximum absolute atomic E-state index is 13.0. The van der Waals surface area contributed by atoms with Gasteiger partial charge in [-0.25, -0.2) is 9.07 Å². The topological polar surface area (TPSA) is 43.8 Å². The smallest absolute Gasteiger partial charge is 0.123 e. The van der Waals surface area contributed by atoms with Crippen molar-refractivity contribution >= 4 is 12.4 Å². The van der Waals surface area contributed by atoms with Crippen LogP contribution in [0.15, 0.2) is 60.9 Å². The van der Waals surface area contributed by atoms with Gasteiger partial charge in [-0.15, -0.1) is 12.4 Å². The third-order valence-electron chi connectivity index (χ3n) is 3.42. The molecule has 3 rings (SSSR count). The minimum absolute atomic E-state index is 0. The first-order valence-electron chi connectivity index (χ1n) is 6.80. The van der Waals surface area contributed by atoms with Crippen LogP contribution in [0.4, 0.5) is 4.39 Å². The number of nitrogens with two attached hydrogens (primary N) is 1. The molecule has 1 heterocycles. The van der Waals surface area contributed by atoms with Crippen molar-refractivity contribution in [1.29, 1.82) is 0 Å². The molecule has 114 valence electrons. The average molecular weight is 318 g/mol. The van der Waals surface area contributed by atoms with Crippen LogP contribution in [0.25, 0.3) is 16.8 Å². The number of nitrogens with zero attached hydrogens (tertiary/aromatic N) is 2. The van der Waals surface area contributed by atoms with Crippen molar-refractivity contribution in [3.05, 3.63) is 72.3 Å². The summed E-state index contributed by atoms with van der Waals surface area (Å²) in [5, 5.41) is 4.33. The lowest BCUT2D eigenvalue weighted by Crippen LogP contribution is -2.04. The summed E-state index contributed by atoms with van der Waals surface area (Å²) in [4.78, 5) is 0. The molecule has 0 saturated carbocycles. The Morgan fingerprint density at radius 3 is 2.50 bits per heavy atom. The SMILES string of the molecule is C[C@@H](N)c1cccc(-c2cnn(-c3ccc(F)cc3)c2)c1.Cl. The van der Waals surface area contributed by atoms with Crippen LogP contribution in [0.2, 0.25) is 0 Å². The molecule has 2 aromatic carbocycles. The van der Waals surface area contributed by atoms with Gasteiger partial charge in [0, 0.05) is 17.8 Å². The van der Waals surface area contributed by atoms with E-state index in [-0.39, 0.29) is 24.3 Å². The Morgan fingerprint density at radius 1 is 1.09 bits per heavy atom. The fourth-order valence-electron chi connectivity index (χ4n) is 2.21. The molecule has 0 spiro atoms. The number of halogens is 2.